The molecule has 1 aliphatic carbocycles. The number of likely N-dealkylation sites (N-methyl/N-ethyl adjacent to an activating group) is 1. The third-order valence-electron chi connectivity index (χ3n) is 6.86. The van der Waals surface area contributed by atoms with Crippen molar-refractivity contribution in [1.82, 2.24) is 15.1 Å². The van der Waals surface area contributed by atoms with Crippen LogP contribution in [0.2, 0.25) is 0 Å². The molecule has 2 aromatic rings. The number of imide groups is 1. The van der Waals surface area contributed by atoms with Crippen LogP contribution in [0.1, 0.15) is 30.4 Å². The first-order chi connectivity index (χ1) is 17.0. The van der Waals surface area contributed by atoms with E-state index in [0.29, 0.717) is 19.3 Å². The molecule has 0 spiro atoms. The van der Waals surface area contributed by atoms with Crippen LogP contribution < -0.4 is 5.32 Å². The van der Waals surface area contributed by atoms with Gasteiger partial charge in [-0.15, -0.1) is 0 Å². The lowest BCUT2D eigenvalue weighted by Gasteiger charge is -2.31. The molecule has 0 bridgehead atoms. The second-order valence-corrected chi connectivity index (χ2v) is 9.06. The maximum atomic E-state index is 13.6. The predicted molar refractivity (Wildman–Crippen MR) is 132 cm³/mol. The SMILES string of the molecule is CNC(=O)[C@H](Cc1ccccc1)N(Cc1ccccc1)C(=O)CCN1C(=O)[C@H]2CC=CC[C@H]2C1=O. The minimum atomic E-state index is -0.730. The molecule has 35 heavy (non-hydrogen) atoms. The zero-order chi connectivity index (χ0) is 24.8. The average molecular weight is 474 g/mol. The zero-order valence-corrected chi connectivity index (χ0v) is 19.9. The first-order valence-electron chi connectivity index (χ1n) is 12.1. The van der Waals surface area contributed by atoms with Crippen LogP contribution in [0.3, 0.4) is 0 Å². The van der Waals surface area contributed by atoms with Crippen LogP contribution in [0.5, 0.6) is 0 Å². The molecule has 0 radical (unpaired) electrons. The highest BCUT2D eigenvalue weighted by atomic mass is 16.2. The van der Waals surface area contributed by atoms with E-state index in [0.717, 1.165) is 11.1 Å². The molecule has 7 heteroatoms. The smallest absolute Gasteiger partial charge is 0.242 e. The molecule has 3 atom stereocenters. The number of fused-ring (bicyclic) bond motifs is 1. The van der Waals surface area contributed by atoms with Gasteiger partial charge >= 0.3 is 0 Å². The fraction of sp³-hybridized carbons (Fsp3) is 0.357. The normalized spacial score (nSPS) is 19.9. The Bertz CT molecular complexity index is 1070. The van der Waals surface area contributed by atoms with Crippen molar-refractivity contribution < 1.29 is 19.2 Å². The van der Waals surface area contributed by atoms with E-state index in [9.17, 15) is 19.2 Å². The van der Waals surface area contributed by atoms with Crippen molar-refractivity contribution in [1.29, 1.82) is 0 Å². The van der Waals surface area contributed by atoms with Crippen molar-refractivity contribution in [3.05, 3.63) is 83.9 Å². The summed E-state index contributed by atoms with van der Waals surface area (Å²) in [7, 11) is 1.56. The maximum absolute atomic E-state index is 13.6. The number of rotatable bonds is 9. The highest BCUT2D eigenvalue weighted by molar-refractivity contribution is 6.05. The molecular weight excluding hydrogens is 442 g/mol. The molecule has 2 aromatic carbocycles. The monoisotopic (exact) mass is 473 g/mol. The summed E-state index contributed by atoms with van der Waals surface area (Å²) in [5.74, 6) is -1.56. The Labute approximate surface area is 205 Å². The average Bonchev–Trinajstić information content (AvgIpc) is 3.14. The molecule has 182 valence electrons. The van der Waals surface area contributed by atoms with Gasteiger partial charge in [-0.3, -0.25) is 24.1 Å². The summed E-state index contributed by atoms with van der Waals surface area (Å²) in [4.78, 5) is 55.0. The van der Waals surface area contributed by atoms with Crippen molar-refractivity contribution in [3.63, 3.8) is 0 Å². The Balaban J connectivity index is 1.54. The fourth-order valence-electron chi connectivity index (χ4n) is 4.94. The van der Waals surface area contributed by atoms with E-state index < -0.39 is 6.04 Å². The number of nitrogens with one attached hydrogen (secondary N) is 1. The summed E-state index contributed by atoms with van der Waals surface area (Å²) >= 11 is 0. The molecule has 1 N–H and O–H groups in total. The molecule has 0 unspecified atom stereocenters. The molecule has 1 heterocycles. The van der Waals surface area contributed by atoms with Gasteiger partial charge in [0.15, 0.2) is 0 Å². The van der Waals surface area contributed by atoms with E-state index in [1.165, 1.54) is 4.90 Å². The number of likely N-dealkylation sites (tertiary alicyclic amines) is 1. The Kier molecular flexibility index (Phi) is 7.75. The van der Waals surface area contributed by atoms with Crippen LogP contribution in [0, 0.1) is 11.8 Å². The number of nitrogens with zero attached hydrogens (tertiary/aromatic N) is 2. The van der Waals surface area contributed by atoms with E-state index in [4.69, 9.17) is 0 Å². The fourth-order valence-corrected chi connectivity index (χ4v) is 4.94. The van der Waals surface area contributed by atoms with Gasteiger partial charge in [-0.05, 0) is 24.0 Å². The largest absolute Gasteiger partial charge is 0.357 e. The number of carbonyl (C=O) groups is 4. The topological polar surface area (TPSA) is 86.8 Å². The van der Waals surface area contributed by atoms with E-state index in [1.54, 1.807) is 11.9 Å². The number of hydrogen-bond donors (Lipinski definition) is 1. The zero-order valence-electron chi connectivity index (χ0n) is 19.9. The van der Waals surface area contributed by atoms with Crippen molar-refractivity contribution in [2.24, 2.45) is 11.8 Å². The summed E-state index contributed by atoms with van der Waals surface area (Å²) in [6.45, 7) is 0.280. The van der Waals surface area contributed by atoms with E-state index in [2.05, 4.69) is 5.32 Å². The van der Waals surface area contributed by atoms with Crippen LogP contribution in [0.15, 0.2) is 72.8 Å². The summed E-state index contributed by atoms with van der Waals surface area (Å²) < 4.78 is 0. The highest BCUT2D eigenvalue weighted by Gasteiger charge is 2.47. The molecule has 2 aliphatic rings. The van der Waals surface area contributed by atoms with E-state index in [1.807, 2.05) is 72.8 Å². The molecular formula is C28H31N3O4. The lowest BCUT2D eigenvalue weighted by molar-refractivity contribution is -0.144. The van der Waals surface area contributed by atoms with Gasteiger partial charge in [0, 0.05) is 33.0 Å². The Morgan fingerprint density at radius 2 is 1.46 bits per heavy atom. The van der Waals surface area contributed by atoms with Gasteiger partial charge in [0.1, 0.15) is 6.04 Å². The molecule has 7 nitrogen and oxygen atoms in total. The minimum absolute atomic E-state index is 0.0283. The van der Waals surface area contributed by atoms with E-state index >= 15 is 0 Å². The maximum Gasteiger partial charge on any atom is 0.242 e. The Morgan fingerprint density at radius 3 is 2.00 bits per heavy atom. The highest BCUT2D eigenvalue weighted by Crippen LogP contribution is 2.35. The van der Waals surface area contributed by atoms with Crippen molar-refractivity contribution >= 4 is 23.6 Å². The summed E-state index contributed by atoms with van der Waals surface area (Å²) in [6, 6.07) is 18.3. The lowest BCUT2D eigenvalue weighted by Crippen LogP contribution is -2.50. The number of carbonyl (C=O) groups excluding carboxylic acids is 4. The third-order valence-corrected chi connectivity index (χ3v) is 6.86. The Morgan fingerprint density at radius 1 is 0.914 bits per heavy atom. The summed E-state index contributed by atoms with van der Waals surface area (Å²) in [5, 5.41) is 2.69. The molecule has 1 saturated heterocycles. The first-order valence-corrected chi connectivity index (χ1v) is 12.1. The van der Waals surface area contributed by atoms with Crippen molar-refractivity contribution in [2.75, 3.05) is 13.6 Å². The van der Waals surface area contributed by atoms with Crippen LogP contribution >= 0.6 is 0 Å². The number of amides is 4. The molecule has 0 aromatic heterocycles. The number of allylic oxidation sites excluding steroid dienone is 2. The van der Waals surface area contributed by atoms with Gasteiger partial charge < -0.3 is 10.2 Å². The number of hydrogen-bond acceptors (Lipinski definition) is 4. The van der Waals surface area contributed by atoms with Gasteiger partial charge in [0.25, 0.3) is 0 Å². The third kappa shape index (κ3) is 5.50. The second kappa shape index (κ2) is 11.1. The second-order valence-electron chi connectivity index (χ2n) is 9.06. The quantitative estimate of drug-likeness (QED) is 0.448. The predicted octanol–water partition coefficient (Wildman–Crippen LogP) is 2.71. The van der Waals surface area contributed by atoms with Gasteiger partial charge in [-0.25, -0.2) is 0 Å². The summed E-state index contributed by atoms with van der Waals surface area (Å²) in [5.41, 5.74) is 1.83. The molecule has 1 aliphatic heterocycles. The van der Waals surface area contributed by atoms with Gasteiger partial charge in [0.05, 0.1) is 11.8 Å². The molecule has 4 amide bonds. The minimum Gasteiger partial charge on any atom is -0.357 e. The Hall–Kier alpha value is -3.74. The lowest BCUT2D eigenvalue weighted by atomic mass is 9.85. The first kappa shape index (κ1) is 24.4. The standard InChI is InChI=1S/C28H31N3O4/c1-29-26(33)24(18-20-10-4-2-5-11-20)31(19-21-12-6-3-7-13-21)25(32)16-17-30-27(34)22-14-8-9-15-23(22)28(30)35/h2-13,22-24H,14-19H2,1H3,(H,29,33)/t22-,23+,24-/m0/s1. The van der Waals surface area contributed by atoms with Crippen LogP contribution in [0.25, 0.3) is 0 Å². The molecule has 0 saturated carbocycles. The van der Waals surface area contributed by atoms with Crippen LogP contribution in [0.4, 0.5) is 0 Å². The summed E-state index contributed by atoms with van der Waals surface area (Å²) in [6.07, 6.45) is 5.35. The van der Waals surface area contributed by atoms with Crippen LogP contribution in [-0.2, 0) is 32.1 Å². The van der Waals surface area contributed by atoms with Gasteiger partial charge in [0.2, 0.25) is 23.6 Å². The number of benzene rings is 2. The van der Waals surface area contributed by atoms with Crippen molar-refractivity contribution in [3.8, 4) is 0 Å². The van der Waals surface area contributed by atoms with Gasteiger partial charge in [-0.2, -0.15) is 0 Å². The molecule has 1 fully saturated rings. The van der Waals surface area contributed by atoms with E-state index in [-0.39, 0.29) is 55.0 Å². The van der Waals surface area contributed by atoms with Crippen molar-refractivity contribution in [2.45, 2.75) is 38.3 Å². The van der Waals surface area contributed by atoms with Crippen LogP contribution in [-0.4, -0.2) is 53.1 Å². The molecule has 4 rings (SSSR count). The van der Waals surface area contributed by atoms with Gasteiger partial charge in [-0.1, -0.05) is 72.8 Å².